The van der Waals surface area contributed by atoms with Gasteiger partial charge < -0.3 is 30.5 Å². The molecule has 2 aliphatic rings. The lowest BCUT2D eigenvalue weighted by Gasteiger charge is -2.49. The SMILES string of the molecule is CC(=O)OC/C=C/C1=C(C(=O)OC(C)OC(C)=O)N2C(=O)[C@@H](NC(=O)/C(=N\O)c3csc(N)n3)[C@H]2SC1. The van der Waals surface area contributed by atoms with Crippen LogP contribution in [0.2, 0.25) is 0 Å². The Morgan fingerprint density at radius 1 is 1.32 bits per heavy atom. The molecule has 0 bridgehead atoms. The normalized spacial score (nSPS) is 20.1. The van der Waals surface area contributed by atoms with E-state index in [1.807, 2.05) is 0 Å². The van der Waals surface area contributed by atoms with E-state index in [0.717, 1.165) is 23.2 Å². The van der Waals surface area contributed by atoms with Gasteiger partial charge in [0.2, 0.25) is 6.29 Å². The van der Waals surface area contributed by atoms with Crippen LogP contribution in [0.15, 0.2) is 34.0 Å². The number of carbonyl (C=O) groups excluding carboxylic acids is 5. The molecule has 3 heterocycles. The Bertz CT molecular complexity index is 1210. The number of esters is 3. The molecule has 2 aliphatic heterocycles. The Labute approximate surface area is 218 Å². The van der Waals surface area contributed by atoms with Gasteiger partial charge in [-0.25, -0.2) is 9.78 Å². The summed E-state index contributed by atoms with van der Waals surface area (Å²) in [6.07, 6.45) is 1.78. The van der Waals surface area contributed by atoms with E-state index in [-0.39, 0.29) is 28.9 Å². The number of oxime groups is 1. The number of hydrogen-bond donors (Lipinski definition) is 3. The molecule has 198 valence electrons. The summed E-state index contributed by atoms with van der Waals surface area (Å²) in [4.78, 5) is 66.0. The molecule has 37 heavy (non-hydrogen) atoms. The number of thioether (sulfide) groups is 1. The summed E-state index contributed by atoms with van der Waals surface area (Å²) in [5.74, 6) is -3.35. The van der Waals surface area contributed by atoms with Crippen LogP contribution in [0.1, 0.15) is 26.5 Å². The summed E-state index contributed by atoms with van der Waals surface area (Å²) in [6, 6.07) is -1.05. The lowest BCUT2D eigenvalue weighted by Crippen LogP contribution is -2.71. The number of ether oxygens (including phenoxy) is 3. The second kappa shape index (κ2) is 11.9. The van der Waals surface area contributed by atoms with Crippen molar-refractivity contribution < 1.29 is 43.4 Å². The summed E-state index contributed by atoms with van der Waals surface area (Å²) in [5.41, 5.74) is 5.45. The number of nitrogens with zero attached hydrogens (tertiary/aromatic N) is 3. The van der Waals surface area contributed by atoms with Crippen molar-refractivity contribution in [1.82, 2.24) is 15.2 Å². The van der Waals surface area contributed by atoms with E-state index in [4.69, 9.17) is 19.9 Å². The molecule has 0 aromatic carbocycles. The van der Waals surface area contributed by atoms with Crippen molar-refractivity contribution in [2.45, 2.75) is 38.5 Å². The van der Waals surface area contributed by atoms with Gasteiger partial charge in [-0.1, -0.05) is 11.2 Å². The molecule has 14 nitrogen and oxygen atoms in total. The maximum absolute atomic E-state index is 13.1. The van der Waals surface area contributed by atoms with Crippen molar-refractivity contribution in [3.63, 3.8) is 0 Å². The number of aromatic nitrogens is 1. The average molecular weight is 554 g/mol. The molecule has 16 heteroatoms. The molecule has 4 N–H and O–H groups in total. The number of amides is 2. The first-order valence-electron chi connectivity index (χ1n) is 10.6. The van der Waals surface area contributed by atoms with E-state index < -0.39 is 53.1 Å². The van der Waals surface area contributed by atoms with Gasteiger partial charge in [-0.15, -0.1) is 23.1 Å². The Morgan fingerprint density at radius 3 is 2.65 bits per heavy atom. The minimum absolute atomic E-state index is 0.0336. The van der Waals surface area contributed by atoms with Crippen molar-refractivity contribution in [1.29, 1.82) is 0 Å². The highest BCUT2D eigenvalue weighted by Gasteiger charge is 2.54. The number of allylic oxidation sites excluding steroid dienone is 1. The number of nitrogen functional groups attached to an aromatic ring is 1. The van der Waals surface area contributed by atoms with Crippen molar-refractivity contribution in [3.05, 3.63) is 34.5 Å². The van der Waals surface area contributed by atoms with Gasteiger partial charge in [0.25, 0.3) is 11.8 Å². The first-order chi connectivity index (χ1) is 17.5. The molecule has 0 radical (unpaired) electrons. The molecule has 1 aromatic rings. The van der Waals surface area contributed by atoms with Gasteiger partial charge in [0.1, 0.15) is 29.4 Å². The van der Waals surface area contributed by atoms with Crippen LogP contribution < -0.4 is 11.1 Å². The third kappa shape index (κ3) is 6.45. The van der Waals surface area contributed by atoms with E-state index in [9.17, 15) is 29.2 Å². The van der Waals surface area contributed by atoms with E-state index in [1.54, 1.807) is 0 Å². The van der Waals surface area contributed by atoms with Crippen LogP contribution in [0, 0.1) is 0 Å². The number of carbonyl (C=O) groups is 5. The van der Waals surface area contributed by atoms with Gasteiger partial charge in [-0.05, 0) is 11.6 Å². The molecule has 3 atom stereocenters. The van der Waals surface area contributed by atoms with Gasteiger partial charge >= 0.3 is 17.9 Å². The molecule has 3 rings (SSSR count). The minimum atomic E-state index is -1.22. The Morgan fingerprint density at radius 2 is 2.05 bits per heavy atom. The quantitative estimate of drug-likeness (QED) is 0.0933. The second-order valence-electron chi connectivity index (χ2n) is 7.54. The van der Waals surface area contributed by atoms with Crippen LogP contribution in [-0.2, 0) is 38.2 Å². The standard InChI is InChI=1S/C21H23N5O9S2/c1-9(27)33-6-4-5-12-7-36-19-15(24-17(29)14(25-32)13-8-37-21(22)23-13)18(30)26(19)16(12)20(31)35-11(3)34-10(2)28/h4-5,8,11,15,19,32H,6-7H2,1-3H3,(H2,22,23)(H,24,29)/b5-4+,25-14-/t11?,15-,19-/m1/s1. The smallest absolute Gasteiger partial charge is 0.358 e. The number of anilines is 1. The van der Waals surface area contributed by atoms with Gasteiger partial charge in [-0.3, -0.25) is 24.1 Å². The van der Waals surface area contributed by atoms with Crippen LogP contribution in [0.5, 0.6) is 0 Å². The highest BCUT2D eigenvalue weighted by atomic mass is 32.2. The van der Waals surface area contributed by atoms with E-state index >= 15 is 0 Å². The molecule has 1 fully saturated rings. The van der Waals surface area contributed by atoms with E-state index in [1.165, 1.54) is 43.1 Å². The molecule has 0 saturated carbocycles. The van der Waals surface area contributed by atoms with Crippen LogP contribution in [0.4, 0.5) is 5.13 Å². The third-order valence-corrected chi connectivity index (χ3v) is 6.84. The average Bonchev–Trinajstić information content (AvgIpc) is 3.25. The van der Waals surface area contributed by atoms with Gasteiger partial charge in [0.05, 0.1) is 0 Å². The fourth-order valence-corrected chi connectivity index (χ4v) is 5.27. The summed E-state index contributed by atoms with van der Waals surface area (Å²) in [5, 5.41) is 15.7. The first kappa shape index (κ1) is 27.7. The summed E-state index contributed by atoms with van der Waals surface area (Å²) in [7, 11) is 0. The lowest BCUT2D eigenvalue weighted by molar-refractivity contribution is -0.182. The highest BCUT2D eigenvalue weighted by molar-refractivity contribution is 8.00. The number of β-lactam (4-membered cyclic amide) rings is 1. The number of nitrogens with two attached hydrogens (primary N) is 1. The Hall–Kier alpha value is -3.92. The third-order valence-electron chi connectivity index (χ3n) is 4.86. The van der Waals surface area contributed by atoms with Crippen molar-refractivity contribution >= 4 is 63.7 Å². The minimum Gasteiger partial charge on any atom is -0.462 e. The molecule has 1 saturated heterocycles. The van der Waals surface area contributed by atoms with Crippen LogP contribution >= 0.6 is 23.1 Å². The van der Waals surface area contributed by atoms with Gasteiger partial charge in [0.15, 0.2) is 10.8 Å². The maximum Gasteiger partial charge on any atom is 0.358 e. The Kier molecular flexibility index (Phi) is 8.88. The number of thiazole rings is 1. The van der Waals surface area contributed by atoms with Crippen LogP contribution in [0.3, 0.4) is 0 Å². The van der Waals surface area contributed by atoms with Gasteiger partial charge in [-0.2, -0.15) is 0 Å². The van der Waals surface area contributed by atoms with Gasteiger partial charge in [0, 0.05) is 31.9 Å². The predicted octanol–water partition coefficient (Wildman–Crippen LogP) is 0.129. The largest absolute Gasteiger partial charge is 0.462 e. The predicted molar refractivity (Wildman–Crippen MR) is 130 cm³/mol. The summed E-state index contributed by atoms with van der Waals surface area (Å²) >= 11 is 2.29. The Balaban J connectivity index is 1.81. The van der Waals surface area contributed by atoms with E-state index in [0.29, 0.717) is 5.57 Å². The molecule has 2 amide bonds. The van der Waals surface area contributed by atoms with Crippen LogP contribution in [-0.4, -0.2) is 80.6 Å². The monoisotopic (exact) mass is 553 g/mol. The molecular weight excluding hydrogens is 530 g/mol. The molecule has 0 aliphatic carbocycles. The van der Waals surface area contributed by atoms with Crippen LogP contribution in [0.25, 0.3) is 0 Å². The zero-order valence-electron chi connectivity index (χ0n) is 19.8. The highest BCUT2D eigenvalue weighted by Crippen LogP contribution is 2.41. The number of hydrogen-bond acceptors (Lipinski definition) is 14. The summed E-state index contributed by atoms with van der Waals surface area (Å²) in [6.45, 7) is 3.68. The van der Waals surface area contributed by atoms with Crippen molar-refractivity contribution in [3.8, 4) is 0 Å². The zero-order valence-corrected chi connectivity index (χ0v) is 21.5. The maximum atomic E-state index is 13.1. The first-order valence-corrected chi connectivity index (χ1v) is 12.6. The number of fused-ring (bicyclic) bond motifs is 1. The molecule has 0 spiro atoms. The lowest BCUT2D eigenvalue weighted by atomic mass is 10.0. The van der Waals surface area contributed by atoms with Crippen molar-refractivity contribution in [2.24, 2.45) is 5.16 Å². The summed E-state index contributed by atoms with van der Waals surface area (Å²) < 4.78 is 14.9. The fourth-order valence-electron chi connectivity index (χ4n) is 3.40. The molecule has 1 aromatic heterocycles. The zero-order chi connectivity index (χ0) is 27.3. The second-order valence-corrected chi connectivity index (χ2v) is 9.54. The molecule has 1 unspecified atom stereocenters. The number of nitrogens with one attached hydrogen (secondary N) is 1. The number of rotatable bonds is 9. The van der Waals surface area contributed by atoms with Crippen molar-refractivity contribution in [2.75, 3.05) is 18.1 Å². The molecular formula is C21H23N5O9S2. The van der Waals surface area contributed by atoms with E-state index in [2.05, 4.69) is 15.5 Å². The fraction of sp³-hybridized carbons (Fsp3) is 0.381. The topological polar surface area (TPSA) is 200 Å².